The summed E-state index contributed by atoms with van der Waals surface area (Å²) in [7, 11) is 3.39. The summed E-state index contributed by atoms with van der Waals surface area (Å²) in [5.41, 5.74) is 3.23. The molecule has 7 nitrogen and oxygen atoms in total. The number of carbonyl (C=O) groups is 1. The predicted molar refractivity (Wildman–Crippen MR) is 141 cm³/mol. The number of aliphatic imine (C=N–C) groups is 1. The van der Waals surface area contributed by atoms with Crippen LogP contribution < -0.4 is 25.2 Å². The predicted octanol–water partition coefficient (Wildman–Crippen LogP) is 3.30. The summed E-state index contributed by atoms with van der Waals surface area (Å²) < 4.78 is 5.49. The number of benzene rings is 2. The summed E-state index contributed by atoms with van der Waals surface area (Å²) in [5.74, 6) is 1.49. The van der Waals surface area contributed by atoms with Gasteiger partial charge in [-0.15, -0.1) is 24.0 Å². The minimum Gasteiger partial charge on any atom is -0.495 e. The molecule has 0 bridgehead atoms. The average Bonchev–Trinajstić information content (AvgIpc) is 3.43. The van der Waals surface area contributed by atoms with Crippen LogP contribution in [0.4, 0.5) is 11.4 Å². The molecule has 2 aromatic carbocycles. The first-order chi connectivity index (χ1) is 15.1. The molecule has 2 N–H and O–H groups in total. The Morgan fingerprint density at radius 3 is 2.81 bits per heavy atom. The van der Waals surface area contributed by atoms with E-state index < -0.39 is 0 Å². The second kappa shape index (κ2) is 11.1. The lowest BCUT2D eigenvalue weighted by Gasteiger charge is -2.23. The Morgan fingerprint density at radius 2 is 2.03 bits per heavy atom. The molecule has 1 saturated heterocycles. The van der Waals surface area contributed by atoms with Crippen LogP contribution in [-0.4, -0.2) is 58.2 Å². The highest BCUT2D eigenvalue weighted by atomic mass is 127. The maximum Gasteiger partial charge on any atom is 0.246 e. The lowest BCUT2D eigenvalue weighted by molar-refractivity contribution is -0.117. The first-order valence-electron chi connectivity index (χ1n) is 10.5. The van der Waals surface area contributed by atoms with E-state index in [-0.39, 0.29) is 42.5 Å². The van der Waals surface area contributed by atoms with E-state index in [0.717, 1.165) is 49.6 Å². The largest absolute Gasteiger partial charge is 0.495 e. The smallest absolute Gasteiger partial charge is 0.246 e. The summed E-state index contributed by atoms with van der Waals surface area (Å²) >= 11 is 6.19. The number of anilines is 2. The zero-order valence-electron chi connectivity index (χ0n) is 18.3. The first kappa shape index (κ1) is 24.4. The number of hydrogen-bond donors (Lipinski definition) is 2. The number of rotatable bonds is 5. The van der Waals surface area contributed by atoms with Crippen molar-refractivity contribution in [2.45, 2.75) is 18.9 Å². The number of nitrogens with one attached hydrogen (secondary N) is 2. The lowest BCUT2D eigenvalue weighted by Crippen LogP contribution is -2.48. The van der Waals surface area contributed by atoms with E-state index in [2.05, 4.69) is 26.6 Å². The third-order valence-electron chi connectivity index (χ3n) is 5.83. The second-order valence-electron chi connectivity index (χ2n) is 7.74. The molecular weight excluding hydrogens is 541 g/mol. The number of carbonyl (C=O) groups excluding carboxylic acids is 1. The molecule has 2 aromatic rings. The molecule has 1 unspecified atom stereocenters. The van der Waals surface area contributed by atoms with Crippen LogP contribution >= 0.6 is 35.6 Å². The van der Waals surface area contributed by atoms with Gasteiger partial charge in [-0.2, -0.15) is 0 Å². The number of para-hydroxylation sites is 1. The molecule has 1 fully saturated rings. The molecule has 2 heterocycles. The molecule has 0 saturated carbocycles. The number of methoxy groups -OCH3 is 1. The van der Waals surface area contributed by atoms with Gasteiger partial charge >= 0.3 is 0 Å². The van der Waals surface area contributed by atoms with E-state index in [1.165, 1.54) is 5.56 Å². The van der Waals surface area contributed by atoms with E-state index >= 15 is 0 Å². The Bertz CT molecular complexity index is 987. The van der Waals surface area contributed by atoms with Gasteiger partial charge in [0.25, 0.3) is 0 Å². The molecule has 0 radical (unpaired) electrons. The number of fused-ring (bicyclic) bond motifs is 1. The number of ether oxygens (including phenoxy) is 1. The van der Waals surface area contributed by atoms with Gasteiger partial charge in [-0.3, -0.25) is 9.79 Å². The first-order valence-corrected chi connectivity index (χ1v) is 10.9. The summed E-state index contributed by atoms with van der Waals surface area (Å²) in [4.78, 5) is 21.1. The molecule has 2 aliphatic rings. The molecule has 1 atom stereocenters. The molecule has 1 amide bonds. The standard InChI is InChI=1S/C23H28ClN5O2.HI/c1-25-23(26-14-22(30)29-12-9-16-5-3-4-6-19(16)29)27-18-10-11-28(15-18)20-13-17(24)7-8-21(20)31-2;/h3-8,13,18H,9-12,14-15H2,1-2H3,(H2,25,26,27);1H. The summed E-state index contributed by atoms with van der Waals surface area (Å²) in [6.07, 6.45) is 1.85. The molecule has 32 heavy (non-hydrogen) atoms. The minimum absolute atomic E-state index is 0. The van der Waals surface area contributed by atoms with Crippen LogP contribution in [0.15, 0.2) is 47.5 Å². The van der Waals surface area contributed by atoms with Crippen molar-refractivity contribution < 1.29 is 9.53 Å². The number of nitrogens with zero attached hydrogens (tertiary/aromatic N) is 3. The Labute approximate surface area is 211 Å². The minimum atomic E-state index is 0. The van der Waals surface area contributed by atoms with Crippen molar-refractivity contribution in [3.8, 4) is 5.75 Å². The SMILES string of the molecule is CN=C(NCC(=O)N1CCc2ccccc21)NC1CCN(c2cc(Cl)ccc2OC)C1.I. The van der Waals surface area contributed by atoms with Gasteiger partial charge in [0, 0.05) is 43.4 Å². The Morgan fingerprint density at radius 1 is 1.22 bits per heavy atom. The normalized spacial score (nSPS) is 17.6. The van der Waals surface area contributed by atoms with Crippen molar-refractivity contribution in [3.63, 3.8) is 0 Å². The monoisotopic (exact) mass is 569 g/mol. The van der Waals surface area contributed by atoms with Crippen LogP contribution in [0.3, 0.4) is 0 Å². The van der Waals surface area contributed by atoms with Crippen molar-refractivity contribution >= 4 is 58.8 Å². The highest BCUT2D eigenvalue weighted by molar-refractivity contribution is 14.0. The number of halogens is 2. The van der Waals surface area contributed by atoms with Crippen molar-refractivity contribution in [1.82, 2.24) is 10.6 Å². The third kappa shape index (κ3) is 5.40. The fourth-order valence-corrected chi connectivity index (χ4v) is 4.41. The maximum absolute atomic E-state index is 12.8. The lowest BCUT2D eigenvalue weighted by atomic mass is 10.2. The van der Waals surface area contributed by atoms with Crippen LogP contribution in [-0.2, 0) is 11.2 Å². The molecule has 172 valence electrons. The Kier molecular flexibility index (Phi) is 8.47. The molecule has 4 rings (SSSR count). The van der Waals surface area contributed by atoms with E-state index in [4.69, 9.17) is 16.3 Å². The molecule has 0 aliphatic carbocycles. The van der Waals surface area contributed by atoms with E-state index in [1.54, 1.807) is 14.2 Å². The van der Waals surface area contributed by atoms with Crippen molar-refractivity contribution in [2.24, 2.45) is 4.99 Å². The molecular formula is C23H29ClIN5O2. The Balaban J connectivity index is 0.00000289. The molecule has 9 heteroatoms. The molecule has 0 aromatic heterocycles. The topological polar surface area (TPSA) is 69.2 Å². The zero-order valence-corrected chi connectivity index (χ0v) is 21.4. The van der Waals surface area contributed by atoms with Crippen molar-refractivity contribution in [3.05, 3.63) is 53.1 Å². The van der Waals surface area contributed by atoms with Crippen LogP contribution in [0.1, 0.15) is 12.0 Å². The highest BCUT2D eigenvalue weighted by Gasteiger charge is 2.27. The summed E-state index contributed by atoms with van der Waals surface area (Å²) in [6.45, 7) is 2.61. The van der Waals surface area contributed by atoms with Gasteiger partial charge in [0.05, 0.1) is 19.3 Å². The van der Waals surface area contributed by atoms with Gasteiger partial charge in [0.1, 0.15) is 5.75 Å². The summed E-state index contributed by atoms with van der Waals surface area (Å²) in [5, 5.41) is 7.30. The van der Waals surface area contributed by atoms with Crippen LogP contribution in [0.5, 0.6) is 5.75 Å². The fourth-order valence-electron chi connectivity index (χ4n) is 4.25. The molecule has 0 spiro atoms. The van der Waals surface area contributed by atoms with Gasteiger partial charge in [0.15, 0.2) is 5.96 Å². The van der Waals surface area contributed by atoms with Gasteiger partial charge in [0.2, 0.25) is 5.91 Å². The van der Waals surface area contributed by atoms with Crippen LogP contribution in [0, 0.1) is 0 Å². The van der Waals surface area contributed by atoms with Crippen LogP contribution in [0.2, 0.25) is 5.02 Å². The molecule has 2 aliphatic heterocycles. The van der Waals surface area contributed by atoms with Gasteiger partial charge in [-0.05, 0) is 42.7 Å². The number of amides is 1. The third-order valence-corrected chi connectivity index (χ3v) is 6.06. The quantitative estimate of drug-likeness (QED) is 0.329. The van der Waals surface area contributed by atoms with Gasteiger partial charge in [-0.25, -0.2) is 0 Å². The van der Waals surface area contributed by atoms with E-state index in [0.29, 0.717) is 11.0 Å². The number of guanidine groups is 1. The van der Waals surface area contributed by atoms with Crippen molar-refractivity contribution in [1.29, 1.82) is 0 Å². The number of hydrogen-bond acceptors (Lipinski definition) is 4. The highest BCUT2D eigenvalue weighted by Crippen LogP contribution is 2.33. The van der Waals surface area contributed by atoms with E-state index in [9.17, 15) is 4.79 Å². The summed E-state index contributed by atoms with van der Waals surface area (Å²) in [6, 6.07) is 13.9. The Hall–Kier alpha value is -2.20. The average molecular weight is 570 g/mol. The van der Waals surface area contributed by atoms with Gasteiger partial charge < -0.3 is 25.2 Å². The van der Waals surface area contributed by atoms with E-state index in [1.807, 2.05) is 41.3 Å². The zero-order chi connectivity index (χ0) is 21.8. The second-order valence-corrected chi connectivity index (χ2v) is 8.18. The fraction of sp³-hybridized carbons (Fsp3) is 0.391. The maximum atomic E-state index is 12.8. The van der Waals surface area contributed by atoms with Gasteiger partial charge in [-0.1, -0.05) is 29.8 Å². The van der Waals surface area contributed by atoms with Crippen LogP contribution in [0.25, 0.3) is 0 Å². The van der Waals surface area contributed by atoms with Crippen molar-refractivity contribution in [2.75, 3.05) is 50.1 Å².